The van der Waals surface area contributed by atoms with Crippen LogP contribution in [0.15, 0.2) is 66.7 Å². The van der Waals surface area contributed by atoms with E-state index < -0.39 is 0 Å². The Hall–Kier alpha value is -6.24. The fourth-order valence-corrected chi connectivity index (χ4v) is 8.56. The maximum Gasteiger partial charge on any atom is 0.260 e. The molecule has 13 heteroatoms. The molecule has 0 saturated carbocycles. The standard InChI is InChI=1S/C52H69N5O8/c1-9-54(10-2)45(58)32-62-49-36-20-17-21-37(49)27-39-23-19-25-41(51(39)64-34-47(60)56(13-5)14-6)29-43-31-44(53)30-42(52(43)65-35-48(61)57(15-7)16-8)28-40-24-18-22-38(26-36)50(40)63-33-46(59)55(11-3)12-4/h17-25,30-31H,9-16,26-29,32-35,53H2,1-8H3. The Kier molecular flexibility index (Phi) is 18.5. The van der Waals surface area contributed by atoms with E-state index in [4.69, 9.17) is 24.7 Å². The van der Waals surface area contributed by atoms with E-state index in [9.17, 15) is 19.2 Å². The highest BCUT2D eigenvalue weighted by atomic mass is 16.5. The van der Waals surface area contributed by atoms with Gasteiger partial charge in [0, 0.05) is 94.9 Å². The number of nitrogen functional groups attached to an aromatic ring is 1. The van der Waals surface area contributed by atoms with Crippen LogP contribution in [0.4, 0.5) is 5.69 Å². The van der Waals surface area contributed by atoms with Crippen molar-refractivity contribution < 1.29 is 38.1 Å². The number of hydrogen-bond donors (Lipinski definition) is 1. The van der Waals surface area contributed by atoms with Crippen LogP contribution in [0.25, 0.3) is 0 Å². The SMILES string of the molecule is CCN(CC)C(=O)COc1c2cccc1Cc1cccc(c1OCC(=O)N(CC)CC)Cc1cc(N)cc(c1OCC(=O)N(CC)CC)Cc1cccc(c1OCC(=O)N(CC)CC)C2. The van der Waals surface area contributed by atoms with Crippen molar-refractivity contribution in [2.75, 3.05) is 84.5 Å². The first kappa shape index (κ1) is 49.8. The minimum Gasteiger partial charge on any atom is -0.483 e. The molecule has 0 spiro atoms. The second kappa shape index (κ2) is 24.2. The van der Waals surface area contributed by atoms with Crippen molar-refractivity contribution in [2.45, 2.75) is 81.1 Å². The normalized spacial score (nSPS) is 11.9. The number of para-hydroxylation sites is 3. The average Bonchev–Trinajstić information content (AvgIpc) is 3.29. The van der Waals surface area contributed by atoms with Gasteiger partial charge in [0.05, 0.1) is 0 Å². The van der Waals surface area contributed by atoms with Gasteiger partial charge in [-0.05, 0) is 101 Å². The van der Waals surface area contributed by atoms with Gasteiger partial charge in [0.25, 0.3) is 23.6 Å². The number of nitrogens with two attached hydrogens (primary N) is 1. The Labute approximate surface area is 385 Å². The highest BCUT2D eigenvalue weighted by Crippen LogP contribution is 2.40. The number of fused-ring (bicyclic) bond motifs is 8. The van der Waals surface area contributed by atoms with E-state index in [1.165, 1.54) is 0 Å². The molecule has 1 aliphatic carbocycles. The van der Waals surface area contributed by atoms with Crippen molar-refractivity contribution in [3.8, 4) is 23.0 Å². The van der Waals surface area contributed by atoms with E-state index >= 15 is 0 Å². The fraction of sp³-hybridized carbons (Fsp3) is 0.462. The van der Waals surface area contributed by atoms with Crippen molar-refractivity contribution in [3.63, 3.8) is 0 Å². The van der Waals surface area contributed by atoms with Crippen LogP contribution < -0.4 is 24.7 Å². The molecule has 0 aromatic heterocycles. The molecule has 0 heterocycles. The summed E-state index contributed by atoms with van der Waals surface area (Å²) >= 11 is 0. The predicted molar refractivity (Wildman–Crippen MR) is 255 cm³/mol. The lowest BCUT2D eigenvalue weighted by Gasteiger charge is -2.25. The number of nitrogens with zero attached hydrogens (tertiary/aromatic N) is 4. The second-order valence-corrected chi connectivity index (χ2v) is 16.0. The van der Waals surface area contributed by atoms with Gasteiger partial charge in [-0.3, -0.25) is 19.2 Å². The zero-order valence-corrected chi connectivity index (χ0v) is 39.8. The zero-order valence-electron chi connectivity index (χ0n) is 39.8. The molecule has 5 rings (SSSR count). The molecule has 0 aliphatic heterocycles. The number of likely N-dealkylation sites (N-methyl/N-ethyl adjacent to an activating group) is 4. The Bertz CT molecular complexity index is 2140. The monoisotopic (exact) mass is 892 g/mol. The number of rotatable bonds is 20. The first-order valence-electron chi connectivity index (χ1n) is 23.3. The number of ether oxygens (including phenoxy) is 4. The molecular weight excluding hydrogens is 823 g/mol. The van der Waals surface area contributed by atoms with Gasteiger partial charge >= 0.3 is 0 Å². The quantitative estimate of drug-likeness (QED) is 0.0823. The largest absolute Gasteiger partial charge is 0.483 e. The van der Waals surface area contributed by atoms with E-state index in [0.29, 0.717) is 107 Å². The molecule has 0 saturated heterocycles. The average molecular weight is 892 g/mol. The first-order valence-corrected chi connectivity index (χ1v) is 23.3. The third kappa shape index (κ3) is 12.5. The summed E-state index contributed by atoms with van der Waals surface area (Å²) in [5.74, 6) is 1.62. The summed E-state index contributed by atoms with van der Waals surface area (Å²) in [7, 11) is 0. The maximum absolute atomic E-state index is 13.5. The number of hydrogen-bond acceptors (Lipinski definition) is 9. The summed E-state index contributed by atoms with van der Waals surface area (Å²) in [6.45, 7) is 19.2. The van der Waals surface area contributed by atoms with Crippen LogP contribution in [0.1, 0.15) is 99.9 Å². The van der Waals surface area contributed by atoms with Crippen LogP contribution >= 0.6 is 0 Å². The van der Waals surface area contributed by atoms with E-state index in [1.54, 1.807) is 19.6 Å². The molecule has 4 aromatic carbocycles. The van der Waals surface area contributed by atoms with Crippen LogP contribution in [-0.2, 0) is 44.9 Å². The summed E-state index contributed by atoms with van der Waals surface area (Å²) in [4.78, 5) is 60.9. The molecule has 0 fully saturated rings. The first-order chi connectivity index (χ1) is 31.4. The van der Waals surface area contributed by atoms with Gasteiger partial charge in [0.15, 0.2) is 26.4 Å². The molecule has 4 amide bonds. The molecule has 13 nitrogen and oxygen atoms in total. The van der Waals surface area contributed by atoms with Crippen LogP contribution in [0.3, 0.4) is 0 Å². The lowest BCUT2D eigenvalue weighted by molar-refractivity contribution is -0.133. The predicted octanol–water partition coefficient (Wildman–Crippen LogP) is 6.93. The highest BCUT2D eigenvalue weighted by Gasteiger charge is 2.25. The summed E-state index contributed by atoms with van der Waals surface area (Å²) in [6, 6.07) is 21.5. The van der Waals surface area contributed by atoms with Gasteiger partial charge in [0.1, 0.15) is 23.0 Å². The van der Waals surface area contributed by atoms with Crippen molar-refractivity contribution in [1.82, 2.24) is 19.6 Å². The molecule has 350 valence electrons. The Morgan fingerprint density at radius 1 is 0.385 bits per heavy atom. The topological polar surface area (TPSA) is 144 Å². The van der Waals surface area contributed by atoms with Crippen molar-refractivity contribution in [3.05, 3.63) is 111 Å². The minimum atomic E-state index is -0.191. The minimum absolute atomic E-state index is 0.128. The van der Waals surface area contributed by atoms with Crippen molar-refractivity contribution in [1.29, 1.82) is 0 Å². The van der Waals surface area contributed by atoms with Crippen molar-refractivity contribution in [2.24, 2.45) is 0 Å². The summed E-state index contributed by atoms with van der Waals surface area (Å²) in [6.07, 6.45) is 1.27. The number of benzene rings is 4. The third-order valence-electron chi connectivity index (χ3n) is 12.1. The van der Waals surface area contributed by atoms with Crippen LogP contribution in [-0.4, -0.2) is 122 Å². The molecule has 65 heavy (non-hydrogen) atoms. The molecule has 0 unspecified atom stereocenters. The van der Waals surface area contributed by atoms with Gasteiger partial charge in [-0.1, -0.05) is 54.6 Å². The number of anilines is 1. The molecule has 0 atom stereocenters. The van der Waals surface area contributed by atoms with Crippen LogP contribution in [0.2, 0.25) is 0 Å². The van der Waals surface area contributed by atoms with E-state index in [-0.39, 0.29) is 50.1 Å². The van der Waals surface area contributed by atoms with Gasteiger partial charge in [-0.15, -0.1) is 0 Å². The van der Waals surface area contributed by atoms with Gasteiger partial charge in [-0.25, -0.2) is 0 Å². The van der Waals surface area contributed by atoms with Crippen molar-refractivity contribution >= 4 is 29.3 Å². The Morgan fingerprint density at radius 3 is 0.800 bits per heavy atom. The number of carbonyl (C=O) groups is 4. The number of carbonyl (C=O) groups excluding carboxylic acids is 4. The highest BCUT2D eigenvalue weighted by molar-refractivity contribution is 5.79. The van der Waals surface area contributed by atoms with Gasteiger partial charge < -0.3 is 44.3 Å². The second-order valence-electron chi connectivity index (χ2n) is 16.0. The molecule has 1 aliphatic rings. The molecule has 0 radical (unpaired) electrons. The molecule has 2 N–H and O–H groups in total. The summed E-state index contributed by atoms with van der Waals surface area (Å²) in [5.41, 5.74) is 13.5. The van der Waals surface area contributed by atoms with E-state index in [0.717, 1.165) is 44.5 Å². The molecule has 4 aromatic rings. The third-order valence-corrected chi connectivity index (χ3v) is 12.1. The van der Waals surface area contributed by atoms with Crippen LogP contribution in [0.5, 0.6) is 23.0 Å². The van der Waals surface area contributed by atoms with E-state index in [1.807, 2.05) is 122 Å². The number of amides is 4. The molecular formula is C52H69N5O8. The summed E-state index contributed by atoms with van der Waals surface area (Å²) in [5, 5.41) is 0. The Balaban J connectivity index is 1.76. The zero-order chi connectivity index (χ0) is 47.0. The Morgan fingerprint density at radius 2 is 0.585 bits per heavy atom. The molecule has 8 bridgehead atoms. The lowest BCUT2D eigenvalue weighted by Crippen LogP contribution is -2.35. The lowest BCUT2D eigenvalue weighted by atomic mass is 9.91. The fourth-order valence-electron chi connectivity index (χ4n) is 8.56. The maximum atomic E-state index is 13.5. The summed E-state index contributed by atoms with van der Waals surface area (Å²) < 4.78 is 26.3. The van der Waals surface area contributed by atoms with E-state index in [2.05, 4.69) is 0 Å². The smallest absolute Gasteiger partial charge is 0.260 e. The van der Waals surface area contributed by atoms with Crippen LogP contribution in [0, 0.1) is 0 Å². The van der Waals surface area contributed by atoms with Gasteiger partial charge in [-0.2, -0.15) is 0 Å². The van der Waals surface area contributed by atoms with Gasteiger partial charge in [0.2, 0.25) is 0 Å².